The van der Waals surface area contributed by atoms with Crippen LogP contribution in [-0.2, 0) is 4.74 Å². The minimum atomic E-state index is 0.135. The lowest BCUT2D eigenvalue weighted by Crippen LogP contribution is -2.39. The molecule has 28 heavy (non-hydrogen) atoms. The molecule has 0 saturated heterocycles. The highest BCUT2D eigenvalue weighted by Crippen LogP contribution is 2.38. The van der Waals surface area contributed by atoms with Crippen LogP contribution in [0.15, 0.2) is 42.5 Å². The molecule has 2 heteroatoms. The van der Waals surface area contributed by atoms with E-state index in [0.717, 1.165) is 12.2 Å². The quantitative estimate of drug-likeness (QED) is 0.432. The molecule has 0 heterocycles. The molecule has 0 aliphatic rings. The third-order valence-electron chi connectivity index (χ3n) is 5.51. The third kappa shape index (κ3) is 7.47. The topological polar surface area (TPSA) is 18.5 Å². The van der Waals surface area contributed by atoms with Gasteiger partial charge in [0.25, 0.3) is 0 Å². The standard InChI is InChI=1S/C24H36O2.C2H6/c1-18(2)24(6,7)22(17-23(3,4)5)26-15-14-25-21-13-12-19-10-8-9-11-20(19)16-21;1-2/h8-13,16,18,22H,14-15,17H2,1-7H3;1-2H3. The summed E-state index contributed by atoms with van der Waals surface area (Å²) in [6, 6.07) is 14.6. The van der Waals surface area contributed by atoms with Gasteiger partial charge in [0.2, 0.25) is 0 Å². The van der Waals surface area contributed by atoms with Crippen LogP contribution in [0.4, 0.5) is 0 Å². The van der Waals surface area contributed by atoms with E-state index in [1.54, 1.807) is 0 Å². The number of fused-ring (bicyclic) bond motifs is 1. The van der Waals surface area contributed by atoms with E-state index < -0.39 is 0 Å². The molecule has 0 fully saturated rings. The summed E-state index contributed by atoms with van der Waals surface area (Å²) in [7, 11) is 0. The average molecular weight is 387 g/mol. The van der Waals surface area contributed by atoms with Crippen LogP contribution in [0.1, 0.15) is 68.7 Å². The van der Waals surface area contributed by atoms with Gasteiger partial charge in [-0.25, -0.2) is 0 Å². The Kier molecular flexibility index (Phi) is 9.50. The predicted octanol–water partition coefficient (Wildman–Crippen LogP) is 7.75. The molecule has 0 aliphatic carbocycles. The largest absolute Gasteiger partial charge is 0.491 e. The maximum Gasteiger partial charge on any atom is 0.120 e. The average Bonchev–Trinajstić information content (AvgIpc) is 2.64. The van der Waals surface area contributed by atoms with E-state index in [2.05, 4.69) is 84.9 Å². The van der Waals surface area contributed by atoms with Crippen molar-refractivity contribution in [2.24, 2.45) is 16.7 Å². The molecule has 2 nitrogen and oxygen atoms in total. The van der Waals surface area contributed by atoms with E-state index in [9.17, 15) is 0 Å². The Hall–Kier alpha value is -1.54. The maximum atomic E-state index is 6.33. The lowest BCUT2D eigenvalue weighted by atomic mass is 9.71. The Bertz CT molecular complexity index is 695. The summed E-state index contributed by atoms with van der Waals surface area (Å²) in [4.78, 5) is 0. The summed E-state index contributed by atoms with van der Waals surface area (Å²) < 4.78 is 12.3. The van der Waals surface area contributed by atoms with Gasteiger partial charge in [-0.1, -0.05) is 92.6 Å². The molecule has 0 N–H and O–H groups in total. The lowest BCUT2D eigenvalue weighted by molar-refractivity contribution is -0.0728. The van der Waals surface area contributed by atoms with Gasteiger partial charge in [-0.2, -0.15) is 0 Å². The van der Waals surface area contributed by atoms with Crippen LogP contribution < -0.4 is 4.74 Å². The SMILES string of the molecule is CC.CC(C)C(C)(C)C(CC(C)(C)C)OCCOc1ccc2ccccc2c1. The Morgan fingerprint density at radius 1 is 0.821 bits per heavy atom. The number of hydrogen-bond donors (Lipinski definition) is 0. The highest BCUT2D eigenvalue weighted by Gasteiger charge is 2.35. The molecule has 1 unspecified atom stereocenters. The molecule has 2 aromatic rings. The Morgan fingerprint density at radius 3 is 2.00 bits per heavy atom. The van der Waals surface area contributed by atoms with Crippen molar-refractivity contribution in [2.75, 3.05) is 13.2 Å². The van der Waals surface area contributed by atoms with Gasteiger partial charge >= 0.3 is 0 Å². The van der Waals surface area contributed by atoms with Gasteiger partial charge in [-0.15, -0.1) is 0 Å². The monoisotopic (exact) mass is 386 g/mol. The van der Waals surface area contributed by atoms with Crippen molar-refractivity contribution < 1.29 is 9.47 Å². The summed E-state index contributed by atoms with van der Waals surface area (Å²) in [5, 5.41) is 2.44. The molecule has 0 spiro atoms. The van der Waals surface area contributed by atoms with Gasteiger partial charge in [0.1, 0.15) is 12.4 Å². The Morgan fingerprint density at radius 2 is 1.43 bits per heavy atom. The second-order valence-corrected chi connectivity index (χ2v) is 9.46. The van der Waals surface area contributed by atoms with Crippen LogP contribution in [0.25, 0.3) is 10.8 Å². The van der Waals surface area contributed by atoms with E-state index in [1.165, 1.54) is 10.8 Å². The zero-order chi connectivity index (χ0) is 21.4. The third-order valence-corrected chi connectivity index (χ3v) is 5.51. The summed E-state index contributed by atoms with van der Waals surface area (Å²) in [5.41, 5.74) is 0.381. The van der Waals surface area contributed by atoms with Crippen LogP contribution in [0.5, 0.6) is 5.75 Å². The van der Waals surface area contributed by atoms with Crippen LogP contribution in [0, 0.1) is 16.7 Å². The lowest BCUT2D eigenvalue weighted by Gasteiger charge is -2.40. The van der Waals surface area contributed by atoms with E-state index >= 15 is 0 Å². The number of hydrogen-bond acceptors (Lipinski definition) is 2. The van der Waals surface area contributed by atoms with E-state index in [1.807, 2.05) is 19.9 Å². The normalized spacial score (nSPS) is 13.2. The first-order chi connectivity index (χ1) is 13.1. The molecule has 0 bridgehead atoms. The molecule has 158 valence electrons. The fraction of sp³-hybridized carbons (Fsp3) is 0.615. The smallest absolute Gasteiger partial charge is 0.120 e. The van der Waals surface area contributed by atoms with Crippen molar-refractivity contribution >= 4 is 10.8 Å². The van der Waals surface area contributed by atoms with Gasteiger partial charge in [-0.05, 0) is 46.1 Å². The summed E-state index contributed by atoms with van der Waals surface area (Å²) in [6.07, 6.45) is 1.27. The number of ether oxygens (including phenoxy) is 2. The summed E-state index contributed by atoms with van der Waals surface area (Å²) >= 11 is 0. The molecule has 0 aliphatic heterocycles. The first-order valence-electron chi connectivity index (χ1n) is 10.8. The summed E-state index contributed by atoms with van der Waals surface area (Å²) in [5.74, 6) is 1.47. The van der Waals surface area contributed by atoms with Crippen molar-refractivity contribution in [3.8, 4) is 5.75 Å². The van der Waals surface area contributed by atoms with E-state index in [0.29, 0.717) is 19.1 Å². The second kappa shape index (κ2) is 10.9. The van der Waals surface area contributed by atoms with Gasteiger partial charge in [-0.3, -0.25) is 0 Å². The molecule has 0 radical (unpaired) electrons. The molecule has 2 rings (SSSR count). The van der Waals surface area contributed by atoms with Gasteiger partial charge in [0, 0.05) is 0 Å². The van der Waals surface area contributed by atoms with Crippen LogP contribution >= 0.6 is 0 Å². The molecule has 2 aromatic carbocycles. The summed E-state index contributed by atoms with van der Waals surface area (Å²) in [6.45, 7) is 21.2. The van der Waals surface area contributed by atoms with Crippen molar-refractivity contribution in [3.05, 3.63) is 42.5 Å². The van der Waals surface area contributed by atoms with Gasteiger partial charge < -0.3 is 9.47 Å². The van der Waals surface area contributed by atoms with Crippen molar-refractivity contribution in [2.45, 2.75) is 74.8 Å². The van der Waals surface area contributed by atoms with Gasteiger partial charge in [0.15, 0.2) is 0 Å². The Labute approximate surface area is 173 Å². The van der Waals surface area contributed by atoms with Crippen LogP contribution in [0.2, 0.25) is 0 Å². The minimum absolute atomic E-state index is 0.135. The molecule has 1 atom stereocenters. The zero-order valence-electron chi connectivity index (χ0n) is 19.6. The fourth-order valence-corrected chi connectivity index (χ4v) is 3.07. The molecular weight excluding hydrogens is 344 g/mol. The second-order valence-electron chi connectivity index (χ2n) is 9.46. The van der Waals surface area contributed by atoms with Crippen molar-refractivity contribution in [1.82, 2.24) is 0 Å². The molecule has 0 saturated carbocycles. The fourth-order valence-electron chi connectivity index (χ4n) is 3.07. The number of benzene rings is 2. The highest BCUT2D eigenvalue weighted by molar-refractivity contribution is 5.83. The molecule has 0 amide bonds. The highest BCUT2D eigenvalue weighted by atomic mass is 16.5. The van der Waals surface area contributed by atoms with Gasteiger partial charge in [0.05, 0.1) is 12.7 Å². The zero-order valence-corrected chi connectivity index (χ0v) is 19.6. The van der Waals surface area contributed by atoms with E-state index in [4.69, 9.17) is 9.47 Å². The Balaban J connectivity index is 0.00000190. The molecular formula is C26H42O2. The molecule has 0 aromatic heterocycles. The number of rotatable bonds is 8. The van der Waals surface area contributed by atoms with E-state index in [-0.39, 0.29) is 16.9 Å². The predicted molar refractivity (Wildman–Crippen MR) is 123 cm³/mol. The van der Waals surface area contributed by atoms with Crippen LogP contribution in [0.3, 0.4) is 0 Å². The van der Waals surface area contributed by atoms with Crippen molar-refractivity contribution in [1.29, 1.82) is 0 Å². The maximum absolute atomic E-state index is 6.33. The minimum Gasteiger partial charge on any atom is -0.491 e. The van der Waals surface area contributed by atoms with Crippen LogP contribution in [-0.4, -0.2) is 19.3 Å². The first kappa shape index (κ1) is 24.5. The first-order valence-corrected chi connectivity index (χ1v) is 10.8. The van der Waals surface area contributed by atoms with Crippen molar-refractivity contribution in [3.63, 3.8) is 0 Å².